The molecule has 1 fully saturated rings. The van der Waals surface area contributed by atoms with E-state index >= 15 is 0 Å². The van der Waals surface area contributed by atoms with Crippen LogP contribution in [0.4, 0.5) is 5.69 Å². The maximum atomic E-state index is 2.53. The molecule has 0 saturated carbocycles. The molecule has 0 aliphatic carbocycles. The van der Waals surface area contributed by atoms with Crippen LogP contribution in [-0.2, 0) is 0 Å². The Balaban J connectivity index is 1.79. The van der Waals surface area contributed by atoms with E-state index in [4.69, 9.17) is 0 Å². The van der Waals surface area contributed by atoms with E-state index in [1.807, 2.05) is 11.3 Å². The molecule has 2 heterocycles. The summed E-state index contributed by atoms with van der Waals surface area (Å²) in [5.74, 6) is 0.731. The van der Waals surface area contributed by atoms with E-state index < -0.39 is 0 Å². The van der Waals surface area contributed by atoms with E-state index in [-0.39, 0.29) is 0 Å². The molecule has 1 unspecified atom stereocenters. The van der Waals surface area contributed by atoms with Crippen LogP contribution < -0.4 is 4.90 Å². The molecule has 88 valence electrons. The molecule has 0 bridgehead atoms. The van der Waals surface area contributed by atoms with Gasteiger partial charge in [-0.25, -0.2) is 0 Å². The third-order valence-electron chi connectivity index (χ3n) is 3.59. The van der Waals surface area contributed by atoms with Crippen molar-refractivity contribution in [2.45, 2.75) is 19.3 Å². The van der Waals surface area contributed by atoms with Crippen LogP contribution in [0.1, 0.15) is 22.8 Å². The first-order valence-electron chi connectivity index (χ1n) is 6.18. The standard InChI is InChI=1S/C15H17NS/c1-12-5-2-3-6-14(12)16-9-8-13(11-16)15-7-4-10-17-15/h2-7,10,13H,8-9,11H2,1H3. The van der Waals surface area contributed by atoms with Gasteiger partial charge in [-0.15, -0.1) is 11.3 Å². The first-order valence-corrected chi connectivity index (χ1v) is 7.06. The van der Waals surface area contributed by atoms with Gasteiger partial charge in [-0.1, -0.05) is 24.3 Å². The predicted octanol–water partition coefficient (Wildman–Crippen LogP) is 4.05. The maximum Gasteiger partial charge on any atom is 0.0396 e. The van der Waals surface area contributed by atoms with E-state index in [0.29, 0.717) is 0 Å². The SMILES string of the molecule is Cc1ccccc1N1CCC(c2cccs2)C1. The molecule has 1 atom stereocenters. The quantitative estimate of drug-likeness (QED) is 0.769. The minimum absolute atomic E-state index is 0.731. The number of para-hydroxylation sites is 1. The highest BCUT2D eigenvalue weighted by Crippen LogP contribution is 2.33. The molecule has 1 aliphatic rings. The van der Waals surface area contributed by atoms with E-state index in [1.165, 1.54) is 30.8 Å². The highest BCUT2D eigenvalue weighted by atomic mass is 32.1. The van der Waals surface area contributed by atoms with Gasteiger partial charge in [0.15, 0.2) is 0 Å². The highest BCUT2D eigenvalue weighted by molar-refractivity contribution is 7.10. The largest absolute Gasteiger partial charge is 0.371 e. The van der Waals surface area contributed by atoms with Crippen molar-refractivity contribution in [2.75, 3.05) is 18.0 Å². The molecule has 0 N–H and O–H groups in total. The summed E-state index contributed by atoms with van der Waals surface area (Å²) >= 11 is 1.89. The van der Waals surface area contributed by atoms with Crippen molar-refractivity contribution < 1.29 is 0 Å². The molecule has 1 aromatic carbocycles. The fourth-order valence-electron chi connectivity index (χ4n) is 2.65. The number of thiophene rings is 1. The number of aryl methyl sites for hydroxylation is 1. The summed E-state index contributed by atoms with van der Waals surface area (Å²) in [6.45, 7) is 4.56. The molecule has 0 spiro atoms. The van der Waals surface area contributed by atoms with Gasteiger partial charge in [0.1, 0.15) is 0 Å². The van der Waals surface area contributed by atoms with Crippen molar-refractivity contribution >= 4 is 17.0 Å². The van der Waals surface area contributed by atoms with Crippen molar-refractivity contribution in [3.8, 4) is 0 Å². The van der Waals surface area contributed by atoms with Gasteiger partial charge in [-0.05, 0) is 36.4 Å². The van der Waals surface area contributed by atoms with Gasteiger partial charge in [-0.2, -0.15) is 0 Å². The normalized spacial score (nSPS) is 19.8. The first kappa shape index (κ1) is 10.8. The summed E-state index contributed by atoms with van der Waals surface area (Å²) in [4.78, 5) is 4.07. The van der Waals surface area contributed by atoms with Crippen molar-refractivity contribution in [1.82, 2.24) is 0 Å². The Bertz CT molecular complexity index is 489. The summed E-state index contributed by atoms with van der Waals surface area (Å²) < 4.78 is 0. The van der Waals surface area contributed by atoms with Gasteiger partial charge in [0, 0.05) is 29.6 Å². The zero-order valence-corrected chi connectivity index (χ0v) is 10.9. The number of rotatable bonds is 2. The van der Waals surface area contributed by atoms with Crippen LogP contribution in [-0.4, -0.2) is 13.1 Å². The van der Waals surface area contributed by atoms with Crippen LogP contribution in [0.3, 0.4) is 0 Å². The molecule has 1 aliphatic heterocycles. The van der Waals surface area contributed by atoms with E-state index in [1.54, 1.807) is 4.88 Å². The molecular formula is C15H17NS. The molecule has 0 radical (unpaired) electrons. The monoisotopic (exact) mass is 243 g/mol. The molecular weight excluding hydrogens is 226 g/mol. The van der Waals surface area contributed by atoms with E-state index in [0.717, 1.165) is 5.92 Å². The number of hydrogen-bond acceptors (Lipinski definition) is 2. The van der Waals surface area contributed by atoms with Gasteiger partial charge in [0.25, 0.3) is 0 Å². The zero-order chi connectivity index (χ0) is 11.7. The average Bonchev–Trinajstić information content (AvgIpc) is 3.00. The topological polar surface area (TPSA) is 3.24 Å². The van der Waals surface area contributed by atoms with Crippen LogP contribution >= 0.6 is 11.3 Å². The second-order valence-electron chi connectivity index (χ2n) is 4.73. The van der Waals surface area contributed by atoms with Crippen molar-refractivity contribution in [3.63, 3.8) is 0 Å². The summed E-state index contributed by atoms with van der Waals surface area (Å²) in [6.07, 6.45) is 1.29. The van der Waals surface area contributed by atoms with Gasteiger partial charge >= 0.3 is 0 Å². The zero-order valence-electron chi connectivity index (χ0n) is 10.1. The molecule has 1 saturated heterocycles. The summed E-state index contributed by atoms with van der Waals surface area (Å²) in [7, 11) is 0. The van der Waals surface area contributed by atoms with Gasteiger partial charge in [0.2, 0.25) is 0 Å². The third kappa shape index (κ3) is 2.09. The Morgan fingerprint density at radius 3 is 2.82 bits per heavy atom. The van der Waals surface area contributed by atoms with Crippen LogP contribution in [0.2, 0.25) is 0 Å². The van der Waals surface area contributed by atoms with E-state index in [9.17, 15) is 0 Å². The number of benzene rings is 1. The number of anilines is 1. The van der Waals surface area contributed by atoms with Gasteiger partial charge < -0.3 is 4.90 Å². The first-order chi connectivity index (χ1) is 8.34. The molecule has 3 rings (SSSR count). The second-order valence-corrected chi connectivity index (χ2v) is 5.71. The molecule has 1 nitrogen and oxygen atoms in total. The van der Waals surface area contributed by atoms with Crippen LogP contribution in [0.15, 0.2) is 41.8 Å². The Hall–Kier alpha value is -1.28. The molecule has 17 heavy (non-hydrogen) atoms. The lowest BCUT2D eigenvalue weighted by molar-refractivity contribution is 0.792. The van der Waals surface area contributed by atoms with Crippen molar-refractivity contribution in [3.05, 3.63) is 52.2 Å². The summed E-state index contributed by atoms with van der Waals surface area (Å²) in [5, 5.41) is 2.19. The maximum absolute atomic E-state index is 2.53. The summed E-state index contributed by atoms with van der Waals surface area (Å²) in [6, 6.07) is 13.1. The lowest BCUT2D eigenvalue weighted by Crippen LogP contribution is -2.19. The Kier molecular flexibility index (Phi) is 2.89. The lowest BCUT2D eigenvalue weighted by Gasteiger charge is -2.20. The molecule has 2 aromatic rings. The third-order valence-corrected chi connectivity index (χ3v) is 4.62. The highest BCUT2D eigenvalue weighted by Gasteiger charge is 2.25. The van der Waals surface area contributed by atoms with E-state index in [2.05, 4.69) is 53.6 Å². The molecule has 2 heteroatoms. The van der Waals surface area contributed by atoms with Crippen LogP contribution in [0, 0.1) is 6.92 Å². The molecule has 0 amide bonds. The van der Waals surface area contributed by atoms with Crippen molar-refractivity contribution in [2.24, 2.45) is 0 Å². The summed E-state index contributed by atoms with van der Waals surface area (Å²) in [5.41, 5.74) is 2.80. The predicted molar refractivity (Wildman–Crippen MR) is 75.1 cm³/mol. The number of hydrogen-bond donors (Lipinski definition) is 0. The smallest absolute Gasteiger partial charge is 0.0396 e. The van der Waals surface area contributed by atoms with Gasteiger partial charge in [-0.3, -0.25) is 0 Å². The fourth-order valence-corrected chi connectivity index (χ4v) is 3.51. The second kappa shape index (κ2) is 4.53. The lowest BCUT2D eigenvalue weighted by atomic mass is 10.1. The van der Waals surface area contributed by atoms with Crippen LogP contribution in [0.25, 0.3) is 0 Å². The molecule has 1 aromatic heterocycles. The Morgan fingerprint density at radius 1 is 1.18 bits per heavy atom. The van der Waals surface area contributed by atoms with Crippen molar-refractivity contribution in [1.29, 1.82) is 0 Å². The average molecular weight is 243 g/mol. The minimum Gasteiger partial charge on any atom is -0.371 e. The fraction of sp³-hybridized carbons (Fsp3) is 0.333. The van der Waals surface area contributed by atoms with Crippen LogP contribution in [0.5, 0.6) is 0 Å². The van der Waals surface area contributed by atoms with Gasteiger partial charge in [0.05, 0.1) is 0 Å². The Labute approximate surface area is 107 Å². The minimum atomic E-state index is 0.731. The number of nitrogens with zero attached hydrogens (tertiary/aromatic N) is 1. The Morgan fingerprint density at radius 2 is 2.06 bits per heavy atom.